The van der Waals surface area contributed by atoms with Crippen LogP contribution in [0, 0.1) is 0 Å². The van der Waals surface area contributed by atoms with Crippen LogP contribution in [0.3, 0.4) is 0 Å². The van der Waals surface area contributed by atoms with E-state index >= 15 is 0 Å². The predicted molar refractivity (Wildman–Crippen MR) is 252 cm³/mol. The Bertz CT molecular complexity index is 3140. The zero-order valence-electron chi connectivity index (χ0n) is 33.6. The van der Waals surface area contributed by atoms with Crippen molar-refractivity contribution in [1.29, 1.82) is 0 Å². The maximum atomic E-state index is 5.26. The first-order valence-electron chi connectivity index (χ1n) is 20.7. The van der Waals surface area contributed by atoms with Gasteiger partial charge in [0.25, 0.3) is 0 Å². The SMILES string of the molecule is CC1(C)c2cccnc2N(c2cccc([Si](c3ccccc3)(c3ccccc3)c3cccc(-c4ccccn4)c3)c2)c2c1ccc1c2c2ccccc2n1-c1ccccc1. The molecular weight excluding hydrogens is 745 g/mol. The van der Waals surface area contributed by atoms with Crippen LogP contribution in [0.2, 0.25) is 0 Å². The van der Waals surface area contributed by atoms with E-state index in [1.807, 2.05) is 18.5 Å². The number of nitrogens with zero attached hydrogens (tertiary/aromatic N) is 4. The van der Waals surface area contributed by atoms with Crippen LogP contribution in [0.5, 0.6) is 0 Å². The molecule has 4 nitrogen and oxygen atoms in total. The summed E-state index contributed by atoms with van der Waals surface area (Å²) < 4.78 is 2.41. The van der Waals surface area contributed by atoms with Gasteiger partial charge in [-0.05, 0) is 80.9 Å². The van der Waals surface area contributed by atoms with Crippen LogP contribution in [-0.2, 0) is 5.41 Å². The van der Waals surface area contributed by atoms with Crippen LogP contribution < -0.4 is 25.6 Å². The van der Waals surface area contributed by atoms with E-state index in [1.165, 1.54) is 59.4 Å². The topological polar surface area (TPSA) is 34.0 Å². The van der Waals surface area contributed by atoms with Crippen molar-refractivity contribution < 1.29 is 0 Å². The molecule has 1 aliphatic rings. The Morgan fingerprint density at radius 1 is 0.450 bits per heavy atom. The molecule has 0 bridgehead atoms. The van der Waals surface area contributed by atoms with Crippen LogP contribution in [0.25, 0.3) is 38.8 Å². The van der Waals surface area contributed by atoms with Gasteiger partial charge in [0.1, 0.15) is 5.82 Å². The highest BCUT2D eigenvalue weighted by atomic mass is 28.3. The third-order valence-electron chi connectivity index (χ3n) is 12.6. The average Bonchev–Trinajstić information content (AvgIpc) is 3.66. The summed E-state index contributed by atoms with van der Waals surface area (Å²) in [6.45, 7) is 4.69. The lowest BCUT2D eigenvalue weighted by Gasteiger charge is -2.42. The molecule has 0 spiro atoms. The van der Waals surface area contributed by atoms with Crippen LogP contribution >= 0.6 is 0 Å². The van der Waals surface area contributed by atoms with E-state index in [-0.39, 0.29) is 5.41 Å². The number of benzene rings is 7. The monoisotopic (exact) mass is 786 g/mol. The maximum absolute atomic E-state index is 5.26. The van der Waals surface area contributed by atoms with Crippen molar-refractivity contribution >= 4 is 67.8 Å². The third kappa shape index (κ3) is 5.43. The minimum atomic E-state index is -2.99. The molecule has 286 valence electrons. The molecule has 7 aromatic carbocycles. The van der Waals surface area contributed by atoms with E-state index < -0.39 is 8.07 Å². The van der Waals surface area contributed by atoms with Gasteiger partial charge in [0.15, 0.2) is 8.07 Å². The van der Waals surface area contributed by atoms with Gasteiger partial charge in [0, 0.05) is 51.1 Å². The van der Waals surface area contributed by atoms with Gasteiger partial charge < -0.3 is 4.57 Å². The predicted octanol–water partition coefficient (Wildman–Crippen LogP) is 10.7. The summed E-state index contributed by atoms with van der Waals surface area (Å²) in [6, 6.07) is 75.6. The van der Waals surface area contributed by atoms with Gasteiger partial charge in [-0.3, -0.25) is 9.88 Å². The summed E-state index contributed by atoms with van der Waals surface area (Å²) in [5, 5.41) is 7.66. The largest absolute Gasteiger partial charge is 0.309 e. The van der Waals surface area contributed by atoms with Crippen molar-refractivity contribution in [2.75, 3.05) is 4.90 Å². The van der Waals surface area contributed by atoms with Gasteiger partial charge >= 0.3 is 0 Å². The molecule has 0 unspecified atom stereocenters. The van der Waals surface area contributed by atoms with E-state index in [9.17, 15) is 0 Å². The quantitative estimate of drug-likeness (QED) is 0.119. The second-order valence-electron chi connectivity index (χ2n) is 16.2. The summed E-state index contributed by atoms with van der Waals surface area (Å²) in [7, 11) is -2.99. The number of hydrogen-bond donors (Lipinski definition) is 0. The second kappa shape index (κ2) is 14.2. The van der Waals surface area contributed by atoms with Gasteiger partial charge in [-0.15, -0.1) is 0 Å². The Morgan fingerprint density at radius 2 is 1.07 bits per heavy atom. The Kier molecular flexibility index (Phi) is 8.46. The summed E-state index contributed by atoms with van der Waals surface area (Å²) >= 11 is 0. The fourth-order valence-corrected chi connectivity index (χ4v) is 14.7. The van der Waals surface area contributed by atoms with Gasteiger partial charge in [0.2, 0.25) is 0 Å². The molecule has 0 fully saturated rings. The van der Waals surface area contributed by atoms with Crippen LogP contribution in [0.1, 0.15) is 25.0 Å². The van der Waals surface area contributed by atoms with E-state index in [4.69, 9.17) is 9.97 Å². The van der Waals surface area contributed by atoms with Crippen molar-refractivity contribution in [3.05, 3.63) is 230 Å². The lowest BCUT2D eigenvalue weighted by molar-refractivity contribution is 0.629. The number of rotatable bonds is 7. The van der Waals surface area contributed by atoms with Gasteiger partial charge in [-0.2, -0.15) is 0 Å². The molecule has 4 heterocycles. The Morgan fingerprint density at radius 3 is 1.80 bits per heavy atom. The van der Waals surface area contributed by atoms with Crippen molar-refractivity contribution in [1.82, 2.24) is 14.5 Å². The fraction of sp³-hybridized carbons (Fsp3) is 0.0545. The zero-order valence-corrected chi connectivity index (χ0v) is 34.6. The van der Waals surface area contributed by atoms with E-state index in [0.717, 1.165) is 28.5 Å². The standard InChI is InChI=1S/C55H42N4Si/c1-55(2)47-33-34-51-52(46-29-12-13-32-50(46)58(51)40-20-6-3-7-21-40)53(47)59(54-48(55)30-18-36-57-54)41-22-17-28-45(38-41)60(42-23-8-4-9-24-42,43-25-10-5-11-26-43)44-27-16-19-39(37-44)49-31-14-15-35-56-49/h3-38H,1-2H3. The number of fused-ring (bicyclic) bond motifs is 6. The van der Waals surface area contributed by atoms with Crippen LogP contribution in [0.4, 0.5) is 17.2 Å². The summed E-state index contributed by atoms with van der Waals surface area (Å²) in [4.78, 5) is 12.5. The molecule has 0 saturated carbocycles. The average molecular weight is 787 g/mol. The molecule has 1 aliphatic heterocycles. The highest BCUT2D eigenvalue weighted by molar-refractivity contribution is 7.20. The second-order valence-corrected chi connectivity index (χ2v) is 20.0. The van der Waals surface area contributed by atoms with E-state index in [2.05, 4.69) is 224 Å². The molecule has 0 saturated heterocycles. The molecule has 0 radical (unpaired) electrons. The minimum Gasteiger partial charge on any atom is -0.309 e. The van der Waals surface area contributed by atoms with E-state index in [1.54, 1.807) is 0 Å². The molecule has 5 heteroatoms. The number of hydrogen-bond acceptors (Lipinski definition) is 3. The van der Waals surface area contributed by atoms with Crippen molar-refractivity contribution in [3.8, 4) is 16.9 Å². The first-order chi connectivity index (χ1) is 29.5. The molecular formula is C55H42N4Si. The highest BCUT2D eigenvalue weighted by Crippen LogP contribution is 2.55. The molecule has 60 heavy (non-hydrogen) atoms. The zero-order chi connectivity index (χ0) is 40.3. The normalized spacial score (nSPS) is 13.3. The van der Waals surface area contributed by atoms with Crippen LogP contribution in [-0.4, -0.2) is 22.6 Å². The number of anilines is 3. The molecule has 3 aromatic heterocycles. The summed E-state index contributed by atoms with van der Waals surface area (Å²) in [6.07, 6.45) is 3.82. The van der Waals surface area contributed by atoms with Crippen molar-refractivity contribution in [3.63, 3.8) is 0 Å². The Balaban J connectivity index is 1.23. The van der Waals surface area contributed by atoms with Gasteiger partial charge in [-0.1, -0.05) is 166 Å². The fourth-order valence-electron chi connectivity index (χ4n) is 9.90. The Labute approximate surface area is 351 Å². The molecule has 11 rings (SSSR count). The highest BCUT2D eigenvalue weighted by Gasteiger charge is 2.44. The first kappa shape index (κ1) is 35.8. The van der Waals surface area contributed by atoms with Crippen molar-refractivity contribution in [2.45, 2.75) is 19.3 Å². The molecule has 0 amide bonds. The number of pyridine rings is 2. The smallest absolute Gasteiger partial charge is 0.179 e. The van der Waals surface area contributed by atoms with Crippen molar-refractivity contribution in [2.24, 2.45) is 0 Å². The van der Waals surface area contributed by atoms with Crippen LogP contribution in [0.15, 0.2) is 219 Å². The molecule has 0 atom stereocenters. The van der Waals surface area contributed by atoms with Gasteiger partial charge in [0.05, 0.1) is 22.4 Å². The van der Waals surface area contributed by atoms with E-state index in [0.29, 0.717) is 0 Å². The molecule has 0 aliphatic carbocycles. The Hall–Kier alpha value is -7.34. The number of para-hydroxylation sites is 2. The maximum Gasteiger partial charge on any atom is 0.179 e. The summed E-state index contributed by atoms with van der Waals surface area (Å²) in [5.41, 5.74) is 9.98. The lowest BCUT2D eigenvalue weighted by Crippen LogP contribution is -2.74. The number of aromatic nitrogens is 3. The minimum absolute atomic E-state index is 0.310. The van der Waals surface area contributed by atoms with Gasteiger partial charge in [-0.25, -0.2) is 4.98 Å². The summed E-state index contributed by atoms with van der Waals surface area (Å²) in [5.74, 6) is 0.958. The molecule has 0 N–H and O–H groups in total. The first-order valence-corrected chi connectivity index (χ1v) is 22.7. The molecule has 10 aromatic rings. The third-order valence-corrected chi connectivity index (χ3v) is 17.4. The lowest BCUT2D eigenvalue weighted by atomic mass is 9.74.